The van der Waals surface area contributed by atoms with Crippen LogP contribution in [0, 0.1) is 0 Å². The summed E-state index contributed by atoms with van der Waals surface area (Å²) in [6.45, 7) is 2.07. The fourth-order valence-electron chi connectivity index (χ4n) is 4.38. The summed E-state index contributed by atoms with van der Waals surface area (Å²) in [5.41, 5.74) is 2.77. The first-order valence-electron chi connectivity index (χ1n) is 11.6. The molecule has 0 aliphatic rings. The van der Waals surface area contributed by atoms with Gasteiger partial charge in [-0.3, -0.25) is 4.79 Å². The predicted octanol–water partition coefficient (Wildman–Crippen LogP) is 9.02. The molecule has 0 spiro atoms. The number of carbonyl (C=O) groups is 1. The standard InChI is InChI=1S/C30H23BrClNO2S/c1-2-21-17-24(29(35)23-9-5-6-10-25(23)32)30(36-21)33-28(19-11-14-20(31)15-12-19)27-22-8-4-3-7-18(22)13-16-26(27)34/h3-17,28,33-34H,2H2,1H3. The van der Waals surface area contributed by atoms with Crippen LogP contribution in [0.1, 0.15) is 44.9 Å². The van der Waals surface area contributed by atoms with E-state index >= 15 is 0 Å². The molecular formula is C30H23BrClNO2S. The number of ketones is 1. The van der Waals surface area contributed by atoms with Crippen LogP contribution in [0.15, 0.2) is 95.5 Å². The molecule has 3 nitrogen and oxygen atoms in total. The van der Waals surface area contributed by atoms with Crippen molar-refractivity contribution >= 4 is 60.4 Å². The van der Waals surface area contributed by atoms with Crippen molar-refractivity contribution < 1.29 is 9.90 Å². The zero-order valence-corrected chi connectivity index (χ0v) is 22.6. The largest absolute Gasteiger partial charge is 0.508 e. The number of aromatic hydroxyl groups is 1. The van der Waals surface area contributed by atoms with E-state index in [1.54, 1.807) is 29.5 Å². The third kappa shape index (κ3) is 4.79. The summed E-state index contributed by atoms with van der Waals surface area (Å²) < 4.78 is 0.964. The second-order valence-electron chi connectivity index (χ2n) is 8.47. The Balaban J connectivity index is 1.67. The van der Waals surface area contributed by atoms with Gasteiger partial charge in [0.05, 0.1) is 16.6 Å². The molecule has 0 bridgehead atoms. The van der Waals surface area contributed by atoms with Gasteiger partial charge in [0.25, 0.3) is 0 Å². The highest BCUT2D eigenvalue weighted by molar-refractivity contribution is 9.10. The minimum atomic E-state index is -0.398. The summed E-state index contributed by atoms with van der Waals surface area (Å²) in [6, 6.07) is 28.3. The van der Waals surface area contributed by atoms with Crippen molar-refractivity contribution in [2.45, 2.75) is 19.4 Å². The van der Waals surface area contributed by atoms with E-state index in [-0.39, 0.29) is 11.5 Å². The maximum atomic E-state index is 13.6. The predicted molar refractivity (Wildman–Crippen MR) is 154 cm³/mol. The Bertz CT molecular complexity index is 1560. The number of hydrogen-bond donors (Lipinski definition) is 2. The van der Waals surface area contributed by atoms with Gasteiger partial charge in [0.2, 0.25) is 0 Å². The second-order valence-corrected chi connectivity index (χ2v) is 10.9. The third-order valence-electron chi connectivity index (χ3n) is 6.21. The number of aryl methyl sites for hydroxylation is 1. The van der Waals surface area contributed by atoms with Gasteiger partial charge in [-0.25, -0.2) is 0 Å². The molecule has 0 aliphatic carbocycles. The van der Waals surface area contributed by atoms with Crippen molar-refractivity contribution in [3.63, 3.8) is 0 Å². The average molecular weight is 577 g/mol. The molecule has 5 rings (SSSR count). The molecule has 0 aliphatic heterocycles. The molecule has 0 amide bonds. The van der Waals surface area contributed by atoms with Crippen LogP contribution in [0.2, 0.25) is 5.02 Å². The van der Waals surface area contributed by atoms with E-state index in [1.807, 2.05) is 72.8 Å². The molecular weight excluding hydrogens is 554 g/mol. The van der Waals surface area contributed by atoms with E-state index in [0.717, 1.165) is 42.7 Å². The zero-order valence-electron chi connectivity index (χ0n) is 19.5. The highest BCUT2D eigenvalue weighted by Crippen LogP contribution is 2.41. The van der Waals surface area contributed by atoms with Gasteiger partial charge in [-0.1, -0.05) is 89.1 Å². The van der Waals surface area contributed by atoms with Gasteiger partial charge >= 0.3 is 0 Å². The number of rotatable bonds is 7. The first-order chi connectivity index (χ1) is 17.5. The SMILES string of the molecule is CCc1cc(C(=O)c2ccccc2Cl)c(NC(c2ccc(Br)cc2)c2c(O)ccc3ccccc23)s1. The molecule has 0 saturated heterocycles. The highest BCUT2D eigenvalue weighted by atomic mass is 79.9. The molecule has 180 valence electrons. The van der Waals surface area contributed by atoms with Crippen molar-refractivity contribution in [1.29, 1.82) is 0 Å². The van der Waals surface area contributed by atoms with Crippen molar-refractivity contribution in [3.8, 4) is 5.75 Å². The Labute approximate surface area is 227 Å². The highest BCUT2D eigenvalue weighted by Gasteiger charge is 2.25. The number of halogens is 2. The maximum absolute atomic E-state index is 13.6. The average Bonchev–Trinajstić information content (AvgIpc) is 3.31. The monoisotopic (exact) mass is 575 g/mol. The molecule has 0 saturated carbocycles. The number of fused-ring (bicyclic) bond motifs is 1. The quantitative estimate of drug-likeness (QED) is 0.190. The summed E-state index contributed by atoms with van der Waals surface area (Å²) in [7, 11) is 0. The number of phenolic OH excluding ortho intramolecular Hbond substituents is 1. The van der Waals surface area contributed by atoms with Crippen LogP contribution in [-0.2, 0) is 6.42 Å². The first kappa shape index (κ1) is 24.6. The van der Waals surface area contributed by atoms with Crippen LogP contribution in [0.25, 0.3) is 10.8 Å². The van der Waals surface area contributed by atoms with Crippen molar-refractivity contribution in [2.24, 2.45) is 0 Å². The minimum absolute atomic E-state index is 0.129. The molecule has 1 unspecified atom stereocenters. The molecule has 6 heteroatoms. The fourth-order valence-corrected chi connectivity index (χ4v) is 5.89. The van der Waals surface area contributed by atoms with Gasteiger partial charge in [0.1, 0.15) is 10.8 Å². The van der Waals surface area contributed by atoms with Gasteiger partial charge in [-0.05, 0) is 59.2 Å². The Kier molecular flexibility index (Phi) is 7.15. The van der Waals surface area contributed by atoms with E-state index in [2.05, 4.69) is 28.2 Å². The van der Waals surface area contributed by atoms with Crippen LogP contribution in [0.3, 0.4) is 0 Å². The number of nitrogens with one attached hydrogen (secondary N) is 1. The van der Waals surface area contributed by atoms with E-state index < -0.39 is 6.04 Å². The Hall–Kier alpha value is -3.12. The van der Waals surface area contributed by atoms with E-state index in [9.17, 15) is 9.90 Å². The Morgan fingerprint density at radius 1 is 0.972 bits per heavy atom. The summed E-state index contributed by atoms with van der Waals surface area (Å²) in [5, 5.41) is 17.9. The normalized spacial score (nSPS) is 12.0. The lowest BCUT2D eigenvalue weighted by Gasteiger charge is -2.23. The smallest absolute Gasteiger partial charge is 0.197 e. The van der Waals surface area contributed by atoms with Crippen molar-refractivity contribution in [1.82, 2.24) is 0 Å². The molecule has 5 aromatic rings. The number of carbonyl (C=O) groups excluding carboxylic acids is 1. The van der Waals surface area contributed by atoms with Gasteiger partial charge in [-0.15, -0.1) is 11.3 Å². The summed E-state index contributed by atoms with van der Waals surface area (Å²) in [4.78, 5) is 14.7. The van der Waals surface area contributed by atoms with Gasteiger partial charge in [-0.2, -0.15) is 0 Å². The molecule has 1 aromatic heterocycles. The third-order valence-corrected chi connectivity index (χ3v) is 8.28. The van der Waals surface area contributed by atoms with Crippen LogP contribution < -0.4 is 5.32 Å². The van der Waals surface area contributed by atoms with Crippen LogP contribution in [0.5, 0.6) is 5.75 Å². The molecule has 0 fully saturated rings. The molecule has 4 aromatic carbocycles. The van der Waals surface area contributed by atoms with E-state index in [1.165, 1.54) is 0 Å². The minimum Gasteiger partial charge on any atom is -0.508 e. The first-order valence-corrected chi connectivity index (χ1v) is 13.6. The molecule has 36 heavy (non-hydrogen) atoms. The van der Waals surface area contributed by atoms with Crippen LogP contribution >= 0.6 is 38.9 Å². The van der Waals surface area contributed by atoms with Crippen molar-refractivity contribution in [3.05, 3.63) is 128 Å². The molecule has 1 atom stereocenters. The van der Waals surface area contributed by atoms with Gasteiger partial charge in [0.15, 0.2) is 5.78 Å². The number of thiophene rings is 1. The fraction of sp³-hybridized carbons (Fsp3) is 0.100. The zero-order chi connectivity index (χ0) is 25.2. The number of phenols is 1. The number of benzene rings is 4. The lowest BCUT2D eigenvalue weighted by molar-refractivity contribution is 0.104. The van der Waals surface area contributed by atoms with E-state index in [4.69, 9.17) is 11.6 Å². The van der Waals surface area contributed by atoms with E-state index in [0.29, 0.717) is 16.1 Å². The molecule has 0 radical (unpaired) electrons. The lowest BCUT2D eigenvalue weighted by atomic mass is 9.92. The summed E-state index contributed by atoms with van der Waals surface area (Å²) in [5.74, 6) is 0.0659. The summed E-state index contributed by atoms with van der Waals surface area (Å²) >= 11 is 11.5. The maximum Gasteiger partial charge on any atom is 0.197 e. The Morgan fingerprint density at radius 3 is 2.44 bits per heavy atom. The van der Waals surface area contributed by atoms with Crippen molar-refractivity contribution in [2.75, 3.05) is 5.32 Å². The topological polar surface area (TPSA) is 49.3 Å². The Morgan fingerprint density at radius 2 is 1.69 bits per heavy atom. The van der Waals surface area contributed by atoms with Gasteiger partial charge < -0.3 is 10.4 Å². The van der Waals surface area contributed by atoms with Crippen LogP contribution in [0.4, 0.5) is 5.00 Å². The number of hydrogen-bond acceptors (Lipinski definition) is 4. The van der Waals surface area contributed by atoms with Crippen LogP contribution in [-0.4, -0.2) is 10.9 Å². The summed E-state index contributed by atoms with van der Waals surface area (Å²) in [6.07, 6.45) is 0.803. The molecule has 2 N–H and O–H groups in total. The van der Waals surface area contributed by atoms with Gasteiger partial charge in [0, 0.05) is 20.5 Å². The lowest BCUT2D eigenvalue weighted by Crippen LogP contribution is -2.14. The number of anilines is 1. The second kappa shape index (κ2) is 10.5. The molecule has 1 heterocycles.